The summed E-state index contributed by atoms with van der Waals surface area (Å²) >= 11 is 2.09. The van der Waals surface area contributed by atoms with E-state index in [0.29, 0.717) is 17.9 Å². The molecule has 4 nitrogen and oxygen atoms in total. The average molecular weight is 951 g/mol. The number of thiophene rings is 1. The molecule has 8 aliphatic carbocycles. The zero-order chi connectivity index (χ0) is 47.7. The van der Waals surface area contributed by atoms with E-state index in [0.717, 1.165) is 70.6 Å². The number of hydrogen-bond acceptors (Lipinski definition) is 5. The molecule has 1 aromatic heterocycles. The van der Waals surface area contributed by atoms with Gasteiger partial charge in [0.25, 0.3) is 0 Å². The highest BCUT2D eigenvalue weighted by Gasteiger charge is 2.49. The van der Waals surface area contributed by atoms with E-state index in [-0.39, 0.29) is 29.6 Å². The van der Waals surface area contributed by atoms with Crippen LogP contribution in [0.4, 0.5) is 0 Å². The lowest BCUT2D eigenvalue weighted by atomic mass is 9.56. The zero-order valence-electron chi connectivity index (χ0n) is 42.0. The van der Waals surface area contributed by atoms with Gasteiger partial charge in [0, 0.05) is 44.1 Å². The first-order valence-electron chi connectivity index (χ1n) is 27.2. The normalized spacial score (nSPS) is 33.3. The van der Waals surface area contributed by atoms with Crippen molar-refractivity contribution >= 4 is 32.7 Å². The maximum Gasteiger partial charge on any atom is 0.0973 e. The highest BCUT2D eigenvalue weighted by molar-refractivity contribution is 7.19. The van der Waals surface area contributed by atoms with Crippen LogP contribution in [0.25, 0.3) is 21.4 Å². The molecule has 0 radical (unpaired) electrons. The Morgan fingerprint density at radius 1 is 0.732 bits per heavy atom. The monoisotopic (exact) mass is 951 g/mol. The van der Waals surface area contributed by atoms with Gasteiger partial charge in [-0.25, -0.2) is 0 Å². The summed E-state index contributed by atoms with van der Waals surface area (Å²) in [7, 11) is 2.30. The van der Waals surface area contributed by atoms with E-state index in [1.165, 1.54) is 61.1 Å². The molecule has 3 heterocycles. The van der Waals surface area contributed by atoms with Gasteiger partial charge < -0.3 is 4.90 Å². The van der Waals surface area contributed by atoms with Gasteiger partial charge in [-0.3, -0.25) is 15.5 Å². The van der Waals surface area contributed by atoms with Crippen molar-refractivity contribution in [2.75, 3.05) is 7.05 Å². The van der Waals surface area contributed by atoms with Gasteiger partial charge in [-0.1, -0.05) is 171 Å². The van der Waals surface area contributed by atoms with Gasteiger partial charge in [0.15, 0.2) is 0 Å². The number of nitrogens with one attached hydrogen (secondary N) is 2. The second-order valence-corrected chi connectivity index (χ2v) is 23.3. The van der Waals surface area contributed by atoms with Gasteiger partial charge in [0.1, 0.15) is 0 Å². The molecule has 1 saturated heterocycles. The summed E-state index contributed by atoms with van der Waals surface area (Å²) in [4.78, 5) is 6.96. The molecule has 1 fully saturated rings. The van der Waals surface area contributed by atoms with Crippen LogP contribution in [0.3, 0.4) is 0 Å². The van der Waals surface area contributed by atoms with Crippen LogP contribution in [0.2, 0.25) is 0 Å². The number of likely N-dealkylation sites (N-methyl/N-ethyl adjacent to an activating group) is 1. The highest BCUT2D eigenvalue weighted by Crippen LogP contribution is 2.58. The second kappa shape index (κ2) is 18.5. The Bertz CT molecular complexity index is 3090. The van der Waals surface area contributed by atoms with Crippen molar-refractivity contribution < 1.29 is 0 Å². The number of rotatable bonds is 8. The Labute approximate surface area is 427 Å². The van der Waals surface area contributed by atoms with Crippen molar-refractivity contribution in [2.24, 2.45) is 29.1 Å². The lowest BCUT2D eigenvalue weighted by molar-refractivity contribution is -0.00482. The van der Waals surface area contributed by atoms with Gasteiger partial charge in [-0.15, -0.1) is 11.3 Å². The number of aryl methyl sites for hydroxylation is 1. The van der Waals surface area contributed by atoms with Gasteiger partial charge in [-0.05, 0) is 159 Å². The fraction of sp³-hybridized carbons (Fsp3) is 0.364. The molecular weight excluding hydrogens is 881 g/mol. The molecule has 10 aliphatic rings. The molecule has 0 saturated carbocycles. The Hall–Kier alpha value is -5.56. The molecule has 71 heavy (non-hydrogen) atoms. The molecule has 9 atom stereocenters. The fourth-order valence-corrected chi connectivity index (χ4v) is 15.9. The van der Waals surface area contributed by atoms with Crippen molar-refractivity contribution in [3.05, 3.63) is 225 Å². The number of nitrogens with zero attached hydrogens (tertiary/aromatic N) is 2. The molecule has 360 valence electrons. The lowest BCUT2D eigenvalue weighted by Gasteiger charge is -2.54. The Kier molecular flexibility index (Phi) is 11.8. The van der Waals surface area contributed by atoms with Crippen molar-refractivity contribution in [3.8, 4) is 0 Å². The maximum atomic E-state index is 4.37. The molecule has 0 bridgehead atoms. The first-order chi connectivity index (χ1) is 34.9. The standard InChI is InChI=1S/C66H70N4S/c1-65(47-27-13-6-14-28-47)42-22-36-50(44-23-9-4-10-24-44)60(65)46-38-39-51(56(43-46)63-67-64(45-25-11-5-12-26-45)69(3)66(2,68-63)48-29-15-7-16-30-48)54-34-21-35-55-59-58(71-62(54)55)41-40-53-52-33-19-20-37-57(52)70(61(53)59)49-31-17-8-18-32-49/h6-9,11,13-17,19-27,29-30,34-37,39,42-43,46-47,49,52,60,63-64,67-68H,4-5,10,12,18,28,31-33,38,40-41H2,1-3H3/t46?,47?,49?,52?,60?,63?,64?,65?,66-/m1/s1. The van der Waals surface area contributed by atoms with E-state index in [1.54, 1.807) is 21.8 Å². The van der Waals surface area contributed by atoms with Crippen molar-refractivity contribution in [1.82, 2.24) is 20.4 Å². The predicted octanol–water partition coefficient (Wildman–Crippen LogP) is 15.2. The Balaban J connectivity index is 0.982. The topological polar surface area (TPSA) is 30.5 Å². The van der Waals surface area contributed by atoms with Crippen LogP contribution in [-0.2, 0) is 12.1 Å². The lowest BCUT2D eigenvalue weighted by Crippen LogP contribution is -2.72. The van der Waals surface area contributed by atoms with Crippen LogP contribution in [-0.4, -0.2) is 35.2 Å². The number of hydrogen-bond donors (Lipinski definition) is 2. The summed E-state index contributed by atoms with van der Waals surface area (Å²) in [5.41, 5.74) is 15.5. The Morgan fingerprint density at radius 3 is 2.41 bits per heavy atom. The molecule has 8 unspecified atom stereocenters. The van der Waals surface area contributed by atoms with E-state index in [9.17, 15) is 0 Å². The first kappa shape index (κ1) is 45.3. The van der Waals surface area contributed by atoms with Crippen molar-refractivity contribution in [1.29, 1.82) is 0 Å². The largest absolute Gasteiger partial charge is 0.341 e. The molecule has 2 N–H and O–H groups in total. The quantitative estimate of drug-likeness (QED) is 0.220. The van der Waals surface area contributed by atoms with Crippen LogP contribution >= 0.6 is 11.3 Å². The summed E-state index contributed by atoms with van der Waals surface area (Å²) in [6, 6.07) is 19.0. The van der Waals surface area contributed by atoms with Crippen LogP contribution < -0.4 is 10.6 Å². The molecule has 0 spiro atoms. The summed E-state index contributed by atoms with van der Waals surface area (Å²) in [5, 5.41) is 10.1. The van der Waals surface area contributed by atoms with Gasteiger partial charge in [0.2, 0.25) is 0 Å². The highest BCUT2D eigenvalue weighted by atomic mass is 32.1. The van der Waals surface area contributed by atoms with E-state index in [2.05, 4.69) is 223 Å². The average Bonchev–Trinajstić information content (AvgIpc) is 3.99. The first-order valence-corrected chi connectivity index (χ1v) is 28.0. The number of fused-ring (bicyclic) bond motifs is 6. The minimum atomic E-state index is -0.464. The third-order valence-corrected chi connectivity index (χ3v) is 19.6. The van der Waals surface area contributed by atoms with Crippen LogP contribution in [0, 0.1) is 29.1 Å². The molecule has 3 aromatic rings. The summed E-state index contributed by atoms with van der Waals surface area (Å²) in [5.74, 6) is 1.46. The van der Waals surface area contributed by atoms with E-state index in [1.807, 2.05) is 0 Å². The van der Waals surface area contributed by atoms with Crippen molar-refractivity contribution in [2.45, 2.75) is 115 Å². The molecular formula is C66H70N4S. The zero-order valence-corrected chi connectivity index (χ0v) is 42.8. The summed E-state index contributed by atoms with van der Waals surface area (Å²) in [6.45, 7) is 4.98. The third kappa shape index (κ3) is 7.63. The smallest absolute Gasteiger partial charge is 0.0973 e. The minimum Gasteiger partial charge on any atom is -0.341 e. The van der Waals surface area contributed by atoms with E-state index < -0.39 is 5.66 Å². The Morgan fingerprint density at radius 2 is 1.61 bits per heavy atom. The summed E-state index contributed by atoms with van der Waals surface area (Å²) < 4.78 is 1.45. The molecule has 5 heteroatoms. The minimum absolute atomic E-state index is 0.00563. The second-order valence-electron chi connectivity index (χ2n) is 22.2. The van der Waals surface area contributed by atoms with Gasteiger partial charge >= 0.3 is 0 Å². The number of benzene rings is 2. The molecule has 2 aromatic carbocycles. The molecule has 2 aliphatic heterocycles. The van der Waals surface area contributed by atoms with Gasteiger partial charge in [-0.2, -0.15) is 0 Å². The molecule has 0 amide bonds. The van der Waals surface area contributed by atoms with Crippen LogP contribution in [0.1, 0.15) is 106 Å². The van der Waals surface area contributed by atoms with Crippen LogP contribution in [0.5, 0.6) is 0 Å². The molecule has 13 rings (SSSR count). The number of allylic oxidation sites excluding steroid dienone is 21. The van der Waals surface area contributed by atoms with E-state index in [4.69, 9.17) is 0 Å². The maximum absolute atomic E-state index is 4.37. The summed E-state index contributed by atoms with van der Waals surface area (Å²) in [6.07, 6.45) is 62.1. The predicted molar refractivity (Wildman–Crippen MR) is 299 cm³/mol. The van der Waals surface area contributed by atoms with E-state index >= 15 is 0 Å². The van der Waals surface area contributed by atoms with Crippen molar-refractivity contribution in [3.63, 3.8) is 0 Å². The third-order valence-electron chi connectivity index (χ3n) is 18.3. The van der Waals surface area contributed by atoms with Crippen LogP contribution in [0.15, 0.2) is 204 Å². The van der Waals surface area contributed by atoms with Gasteiger partial charge in [0.05, 0.1) is 23.7 Å². The fourth-order valence-electron chi connectivity index (χ4n) is 14.6. The SMILES string of the molecule is CN1C(C2=CCCC=C2)NC(C2=CC(C3C(C4=CCCC=C4)=CC=CC3(C)C3C=CC=CC3)CC=C2c2cccc3c4c(sc23)CCC2=C4N(C3CC=CCC3)C3=CC=CCC32)N[C@@]1(C)c1ccccc1.